The topological polar surface area (TPSA) is 97.2 Å². The number of carbonyl (C=O) groups is 1. The van der Waals surface area contributed by atoms with Gasteiger partial charge in [-0.25, -0.2) is 14.2 Å². The van der Waals surface area contributed by atoms with Crippen LogP contribution in [0.1, 0.15) is 64.8 Å². The molecular weight excluding hydrogens is 563 g/mol. The third kappa shape index (κ3) is 7.96. The Hall–Kier alpha value is -3.92. The number of likely N-dealkylation sites (N-methyl/N-ethyl adjacent to an activating group) is 1. The Morgan fingerprint density at radius 3 is 2.41 bits per heavy atom. The standard InChI is InChI=1S/C34H45FN4O5/c1-22-29(31(32(40)41)44-33(2,3)4)30(39-15-13-34(5,6)14-16-39)25(21-36-22)23-9-12-28(37-20-23)38(7)17-18-43-26-11-10-24(35)19-27(26)42-8/h9-12,19-21,31H,13-18H2,1-8H3,(H,40,41)/t31-/m0/s1. The lowest BCUT2D eigenvalue weighted by Gasteiger charge is -2.41. The lowest BCUT2D eigenvalue weighted by Crippen LogP contribution is -2.39. The fraction of sp³-hybridized carbons (Fsp3) is 0.500. The van der Waals surface area contributed by atoms with Gasteiger partial charge in [0.15, 0.2) is 17.6 Å². The second-order valence-corrected chi connectivity index (χ2v) is 13.1. The first-order valence-corrected chi connectivity index (χ1v) is 15.0. The maximum absolute atomic E-state index is 13.5. The van der Waals surface area contributed by atoms with E-state index in [9.17, 15) is 14.3 Å². The van der Waals surface area contributed by atoms with Gasteiger partial charge < -0.3 is 29.1 Å². The average molecular weight is 609 g/mol. The van der Waals surface area contributed by atoms with E-state index in [-0.39, 0.29) is 11.2 Å². The van der Waals surface area contributed by atoms with E-state index < -0.39 is 17.7 Å². The number of benzene rings is 1. The Morgan fingerprint density at radius 2 is 1.82 bits per heavy atom. The number of carboxylic acids is 1. The number of piperidine rings is 1. The Morgan fingerprint density at radius 1 is 1.11 bits per heavy atom. The molecule has 0 spiro atoms. The summed E-state index contributed by atoms with van der Waals surface area (Å²) in [5, 5.41) is 10.3. The zero-order chi connectivity index (χ0) is 32.2. The smallest absolute Gasteiger partial charge is 0.337 e. The van der Waals surface area contributed by atoms with Gasteiger partial charge in [0.25, 0.3) is 0 Å². The average Bonchev–Trinajstić information content (AvgIpc) is 2.96. The van der Waals surface area contributed by atoms with Crippen molar-refractivity contribution in [3.63, 3.8) is 0 Å². The molecular formula is C34H45FN4O5. The quantitative estimate of drug-likeness (QED) is 0.256. The van der Waals surface area contributed by atoms with Gasteiger partial charge >= 0.3 is 5.97 Å². The highest BCUT2D eigenvalue weighted by molar-refractivity contribution is 5.86. The maximum atomic E-state index is 13.5. The molecule has 1 aliphatic rings. The number of aryl methyl sites for hydroxylation is 1. The number of anilines is 2. The molecule has 44 heavy (non-hydrogen) atoms. The highest BCUT2D eigenvalue weighted by Crippen LogP contribution is 2.43. The number of aromatic nitrogens is 2. The maximum Gasteiger partial charge on any atom is 0.337 e. The number of rotatable bonds is 11. The Balaban J connectivity index is 1.63. The summed E-state index contributed by atoms with van der Waals surface area (Å²) in [5.41, 5.74) is 3.25. The number of ether oxygens (including phenoxy) is 3. The van der Waals surface area contributed by atoms with Crippen molar-refractivity contribution in [2.45, 2.75) is 66.1 Å². The van der Waals surface area contributed by atoms with Gasteiger partial charge in [0.2, 0.25) is 0 Å². The predicted molar refractivity (Wildman–Crippen MR) is 170 cm³/mol. The lowest BCUT2D eigenvalue weighted by atomic mass is 9.82. The Labute approximate surface area is 260 Å². The first kappa shape index (κ1) is 33.0. The number of carboxylic acid groups (broad SMARTS) is 1. The number of hydrogen-bond acceptors (Lipinski definition) is 8. The van der Waals surface area contributed by atoms with Crippen LogP contribution < -0.4 is 19.3 Å². The molecule has 4 rings (SSSR count). The molecule has 0 aliphatic carbocycles. The van der Waals surface area contributed by atoms with Gasteiger partial charge in [-0.05, 0) is 70.2 Å². The van der Waals surface area contributed by atoms with Gasteiger partial charge in [-0.15, -0.1) is 0 Å². The van der Waals surface area contributed by atoms with Gasteiger partial charge in [-0.1, -0.05) is 13.8 Å². The third-order valence-corrected chi connectivity index (χ3v) is 7.94. The van der Waals surface area contributed by atoms with Crippen LogP contribution in [0.5, 0.6) is 11.5 Å². The normalized spacial score (nSPS) is 15.5. The first-order valence-electron chi connectivity index (χ1n) is 15.0. The van der Waals surface area contributed by atoms with Crippen LogP contribution in [0.15, 0.2) is 42.7 Å². The highest BCUT2D eigenvalue weighted by atomic mass is 19.1. The second kappa shape index (κ2) is 13.4. The monoisotopic (exact) mass is 608 g/mol. The van der Waals surface area contributed by atoms with E-state index in [2.05, 4.69) is 23.7 Å². The molecule has 0 unspecified atom stereocenters. The minimum atomic E-state index is -1.18. The molecule has 0 amide bonds. The van der Waals surface area contributed by atoms with Crippen LogP contribution in [-0.2, 0) is 9.53 Å². The summed E-state index contributed by atoms with van der Waals surface area (Å²) in [6, 6.07) is 8.08. The Bertz CT molecular complexity index is 1450. The van der Waals surface area contributed by atoms with Crippen molar-refractivity contribution >= 4 is 17.5 Å². The van der Waals surface area contributed by atoms with Crippen molar-refractivity contribution in [2.75, 3.05) is 50.2 Å². The molecule has 1 fully saturated rings. The summed E-state index contributed by atoms with van der Waals surface area (Å²) in [6.07, 6.45) is 4.40. The minimum Gasteiger partial charge on any atom is -0.493 e. The predicted octanol–water partition coefficient (Wildman–Crippen LogP) is 6.68. The molecule has 1 N–H and O–H groups in total. The lowest BCUT2D eigenvalue weighted by molar-refractivity contribution is -0.160. The molecule has 10 heteroatoms. The number of pyridine rings is 2. The molecule has 0 radical (unpaired) electrons. The zero-order valence-corrected chi connectivity index (χ0v) is 27.1. The van der Waals surface area contributed by atoms with Crippen LogP contribution in [0.2, 0.25) is 0 Å². The molecule has 1 atom stereocenters. The molecule has 9 nitrogen and oxygen atoms in total. The second-order valence-electron chi connectivity index (χ2n) is 13.1. The molecule has 3 heterocycles. The van der Waals surface area contributed by atoms with Crippen molar-refractivity contribution in [3.05, 3.63) is 59.8 Å². The van der Waals surface area contributed by atoms with E-state index in [0.29, 0.717) is 35.9 Å². The van der Waals surface area contributed by atoms with Crippen molar-refractivity contribution in [1.29, 1.82) is 0 Å². The SMILES string of the molecule is COc1cc(F)ccc1OCCN(C)c1ccc(-c2cnc(C)c([C@H](OC(C)(C)C)C(=O)O)c2N2CCC(C)(C)CC2)cn1. The van der Waals surface area contributed by atoms with Gasteiger partial charge in [0.1, 0.15) is 18.2 Å². The van der Waals surface area contributed by atoms with Gasteiger partial charge in [0.05, 0.1) is 24.9 Å². The van der Waals surface area contributed by atoms with E-state index in [4.69, 9.17) is 19.2 Å². The van der Waals surface area contributed by atoms with Crippen molar-refractivity contribution in [2.24, 2.45) is 5.41 Å². The van der Waals surface area contributed by atoms with Gasteiger partial charge in [-0.2, -0.15) is 0 Å². The molecule has 3 aromatic rings. The molecule has 1 aromatic carbocycles. The van der Waals surface area contributed by atoms with Crippen LogP contribution in [0.3, 0.4) is 0 Å². The molecule has 2 aromatic heterocycles. The molecule has 1 saturated heterocycles. The molecule has 0 bridgehead atoms. The van der Waals surface area contributed by atoms with E-state index >= 15 is 0 Å². The molecule has 0 saturated carbocycles. The number of nitrogens with zero attached hydrogens (tertiary/aromatic N) is 4. The van der Waals surface area contributed by atoms with E-state index in [1.807, 2.05) is 58.0 Å². The number of aliphatic carboxylic acids is 1. The van der Waals surface area contributed by atoms with Crippen LogP contribution in [0, 0.1) is 18.2 Å². The van der Waals surface area contributed by atoms with E-state index in [1.165, 1.54) is 19.2 Å². The summed E-state index contributed by atoms with van der Waals surface area (Å²) >= 11 is 0. The zero-order valence-electron chi connectivity index (χ0n) is 27.1. The summed E-state index contributed by atoms with van der Waals surface area (Å²) in [6.45, 7) is 14.4. The minimum absolute atomic E-state index is 0.215. The molecule has 238 valence electrons. The van der Waals surface area contributed by atoms with Gasteiger partial charge in [-0.3, -0.25) is 4.98 Å². The first-order chi connectivity index (χ1) is 20.7. The van der Waals surface area contributed by atoms with Crippen LogP contribution in [-0.4, -0.2) is 67.0 Å². The fourth-order valence-corrected chi connectivity index (χ4v) is 5.34. The number of methoxy groups -OCH3 is 1. The van der Waals surface area contributed by atoms with Crippen LogP contribution in [0.25, 0.3) is 11.1 Å². The van der Waals surface area contributed by atoms with Gasteiger partial charge in [0, 0.05) is 61.0 Å². The third-order valence-electron chi connectivity index (χ3n) is 7.94. The van der Waals surface area contributed by atoms with Crippen molar-refractivity contribution < 1.29 is 28.5 Å². The summed E-state index contributed by atoms with van der Waals surface area (Å²) in [5.74, 6) is 0.115. The van der Waals surface area contributed by atoms with E-state index in [0.717, 1.165) is 48.6 Å². The fourth-order valence-electron chi connectivity index (χ4n) is 5.34. The van der Waals surface area contributed by atoms with Crippen molar-refractivity contribution in [3.8, 4) is 22.6 Å². The number of hydrogen-bond donors (Lipinski definition) is 1. The highest BCUT2D eigenvalue weighted by Gasteiger charge is 2.35. The van der Waals surface area contributed by atoms with Crippen molar-refractivity contribution in [1.82, 2.24) is 9.97 Å². The van der Waals surface area contributed by atoms with E-state index in [1.54, 1.807) is 12.3 Å². The molecule has 1 aliphatic heterocycles. The summed E-state index contributed by atoms with van der Waals surface area (Å²) in [4.78, 5) is 26.3. The van der Waals surface area contributed by atoms with Crippen LogP contribution in [0.4, 0.5) is 15.9 Å². The number of halogens is 1. The van der Waals surface area contributed by atoms with Crippen LogP contribution >= 0.6 is 0 Å². The summed E-state index contributed by atoms with van der Waals surface area (Å²) in [7, 11) is 3.39. The Kier molecular flexibility index (Phi) is 10.0. The largest absolute Gasteiger partial charge is 0.493 e. The summed E-state index contributed by atoms with van der Waals surface area (Å²) < 4.78 is 30.7.